The Bertz CT molecular complexity index is 418. The fourth-order valence-electron chi connectivity index (χ4n) is 3.82. The normalized spacial score (nSPS) is 22.6. The number of likely N-dealkylation sites (N-methyl/N-ethyl adjacent to an activating group) is 2. The minimum absolute atomic E-state index is 0.669. The molecule has 126 valence electrons. The molecule has 1 aliphatic rings. The van der Waals surface area contributed by atoms with Gasteiger partial charge in [0.25, 0.3) is 0 Å². The zero-order valence-corrected chi connectivity index (χ0v) is 14.9. The summed E-state index contributed by atoms with van der Waals surface area (Å²) in [5.74, 6) is 2.45. The maximum atomic E-state index is 4.59. The molecule has 0 radical (unpaired) electrons. The zero-order chi connectivity index (χ0) is 15.9. The lowest BCUT2D eigenvalue weighted by atomic mass is 9.77. The van der Waals surface area contributed by atoms with Gasteiger partial charge in [0, 0.05) is 37.3 Å². The molecule has 2 rings (SSSR count). The van der Waals surface area contributed by atoms with Gasteiger partial charge < -0.3 is 10.2 Å². The summed E-state index contributed by atoms with van der Waals surface area (Å²) in [6.45, 7) is 7.80. The van der Waals surface area contributed by atoms with Gasteiger partial charge >= 0.3 is 0 Å². The molecule has 1 aromatic heterocycles. The lowest BCUT2D eigenvalue weighted by molar-refractivity contribution is 0.277. The van der Waals surface area contributed by atoms with Crippen LogP contribution in [0.3, 0.4) is 0 Å². The molecule has 0 amide bonds. The zero-order valence-electron chi connectivity index (χ0n) is 14.9. The molecule has 4 heteroatoms. The molecule has 0 unspecified atom stereocenters. The second-order valence-electron chi connectivity index (χ2n) is 7.48. The largest absolute Gasteiger partial charge is 0.318 e. The Labute approximate surface area is 136 Å². The van der Waals surface area contributed by atoms with Crippen molar-refractivity contribution in [2.75, 3.05) is 27.2 Å². The number of rotatable bonds is 8. The Morgan fingerprint density at radius 1 is 1.32 bits per heavy atom. The third kappa shape index (κ3) is 5.10. The fourth-order valence-corrected chi connectivity index (χ4v) is 3.82. The van der Waals surface area contributed by atoms with Crippen molar-refractivity contribution in [1.82, 2.24) is 20.4 Å². The highest BCUT2D eigenvalue weighted by Gasteiger charge is 2.26. The summed E-state index contributed by atoms with van der Waals surface area (Å²) >= 11 is 0. The summed E-state index contributed by atoms with van der Waals surface area (Å²) < 4.78 is 0. The Kier molecular flexibility index (Phi) is 6.90. The van der Waals surface area contributed by atoms with Gasteiger partial charge in [0.2, 0.25) is 0 Å². The van der Waals surface area contributed by atoms with E-state index in [0.717, 1.165) is 31.5 Å². The fraction of sp³-hybridized carbons (Fsp3) is 0.833. The Morgan fingerprint density at radius 3 is 2.68 bits per heavy atom. The molecular formula is C18H34N4. The third-order valence-corrected chi connectivity index (χ3v) is 4.97. The summed E-state index contributed by atoms with van der Waals surface area (Å²) in [4.78, 5) is 2.37. The first-order valence-corrected chi connectivity index (χ1v) is 8.95. The Balaban J connectivity index is 1.87. The van der Waals surface area contributed by atoms with Gasteiger partial charge in [-0.05, 0) is 58.0 Å². The second kappa shape index (κ2) is 8.68. The summed E-state index contributed by atoms with van der Waals surface area (Å²) in [7, 11) is 4.19. The van der Waals surface area contributed by atoms with Crippen molar-refractivity contribution in [1.29, 1.82) is 0 Å². The molecular weight excluding hydrogens is 272 g/mol. The van der Waals surface area contributed by atoms with Crippen LogP contribution in [0.5, 0.6) is 0 Å². The van der Waals surface area contributed by atoms with Gasteiger partial charge in [-0.1, -0.05) is 13.8 Å². The summed E-state index contributed by atoms with van der Waals surface area (Å²) in [6, 6.07) is 0. The van der Waals surface area contributed by atoms with E-state index < -0.39 is 0 Å². The van der Waals surface area contributed by atoms with E-state index in [2.05, 4.69) is 47.5 Å². The molecule has 1 aromatic rings. The first-order valence-electron chi connectivity index (χ1n) is 8.95. The second-order valence-corrected chi connectivity index (χ2v) is 7.48. The van der Waals surface area contributed by atoms with Crippen molar-refractivity contribution >= 4 is 0 Å². The van der Waals surface area contributed by atoms with Gasteiger partial charge in [-0.3, -0.25) is 5.10 Å². The van der Waals surface area contributed by atoms with Gasteiger partial charge in [0.15, 0.2) is 0 Å². The SMILES string of the molecule is CNCCN(C)Cc1c[nH]nc1C1CCC(CC(C)C)CC1. The van der Waals surface area contributed by atoms with E-state index >= 15 is 0 Å². The van der Waals surface area contributed by atoms with E-state index in [1.807, 2.05) is 7.05 Å². The minimum Gasteiger partial charge on any atom is -0.318 e. The van der Waals surface area contributed by atoms with Crippen LogP contribution in [0.2, 0.25) is 0 Å². The molecule has 1 fully saturated rings. The number of hydrogen-bond donors (Lipinski definition) is 2. The maximum absolute atomic E-state index is 4.59. The van der Waals surface area contributed by atoms with Crippen LogP contribution in [-0.2, 0) is 6.54 Å². The molecule has 1 saturated carbocycles. The first kappa shape index (κ1) is 17.5. The first-order chi connectivity index (χ1) is 10.6. The van der Waals surface area contributed by atoms with Crippen molar-refractivity contribution in [2.45, 2.75) is 58.4 Å². The summed E-state index contributed by atoms with van der Waals surface area (Å²) in [5.41, 5.74) is 2.73. The minimum atomic E-state index is 0.669. The number of aromatic amines is 1. The molecule has 0 aromatic carbocycles. The molecule has 0 aliphatic heterocycles. The molecule has 1 heterocycles. The number of nitrogens with zero attached hydrogens (tertiary/aromatic N) is 2. The molecule has 22 heavy (non-hydrogen) atoms. The van der Waals surface area contributed by atoms with E-state index in [4.69, 9.17) is 0 Å². The smallest absolute Gasteiger partial charge is 0.0697 e. The highest BCUT2D eigenvalue weighted by atomic mass is 15.1. The van der Waals surface area contributed by atoms with E-state index in [1.165, 1.54) is 43.4 Å². The number of H-pyrrole nitrogens is 1. The van der Waals surface area contributed by atoms with Crippen LogP contribution >= 0.6 is 0 Å². The number of aromatic nitrogens is 2. The highest BCUT2D eigenvalue weighted by Crippen LogP contribution is 2.38. The van der Waals surface area contributed by atoms with Crippen LogP contribution in [0.25, 0.3) is 0 Å². The molecule has 4 nitrogen and oxygen atoms in total. The van der Waals surface area contributed by atoms with Crippen LogP contribution in [0, 0.1) is 11.8 Å². The Hall–Kier alpha value is -0.870. The van der Waals surface area contributed by atoms with Gasteiger partial charge in [-0.15, -0.1) is 0 Å². The summed E-state index contributed by atoms with van der Waals surface area (Å²) in [5, 5.41) is 10.9. The summed E-state index contributed by atoms with van der Waals surface area (Å²) in [6.07, 6.45) is 8.89. The van der Waals surface area contributed by atoms with Crippen LogP contribution in [-0.4, -0.2) is 42.3 Å². The van der Waals surface area contributed by atoms with Crippen molar-refractivity contribution in [3.63, 3.8) is 0 Å². The van der Waals surface area contributed by atoms with Gasteiger partial charge in [-0.25, -0.2) is 0 Å². The molecule has 2 N–H and O–H groups in total. The van der Waals surface area contributed by atoms with Gasteiger partial charge in [-0.2, -0.15) is 5.10 Å². The van der Waals surface area contributed by atoms with Crippen LogP contribution in [0.4, 0.5) is 0 Å². The molecule has 0 saturated heterocycles. The van der Waals surface area contributed by atoms with E-state index in [-0.39, 0.29) is 0 Å². The molecule has 0 bridgehead atoms. The van der Waals surface area contributed by atoms with Crippen LogP contribution in [0.1, 0.15) is 63.1 Å². The van der Waals surface area contributed by atoms with Crippen molar-refractivity contribution in [2.24, 2.45) is 11.8 Å². The number of hydrogen-bond acceptors (Lipinski definition) is 3. The van der Waals surface area contributed by atoms with Crippen LogP contribution in [0.15, 0.2) is 6.20 Å². The Morgan fingerprint density at radius 2 is 2.05 bits per heavy atom. The van der Waals surface area contributed by atoms with Crippen molar-refractivity contribution in [3.8, 4) is 0 Å². The molecule has 1 aliphatic carbocycles. The average molecular weight is 306 g/mol. The predicted octanol–water partition coefficient (Wildman–Crippen LogP) is 3.38. The highest BCUT2D eigenvalue weighted by molar-refractivity contribution is 5.21. The van der Waals surface area contributed by atoms with E-state index in [1.54, 1.807) is 0 Å². The predicted molar refractivity (Wildman–Crippen MR) is 93.0 cm³/mol. The maximum Gasteiger partial charge on any atom is 0.0697 e. The topological polar surface area (TPSA) is 44.0 Å². The van der Waals surface area contributed by atoms with Crippen molar-refractivity contribution in [3.05, 3.63) is 17.5 Å². The standard InChI is InChI=1S/C18H34N4/c1-14(2)11-15-5-7-16(8-6-15)18-17(12-20-21-18)13-22(4)10-9-19-3/h12,14-16,19H,5-11,13H2,1-4H3,(H,20,21). The van der Waals surface area contributed by atoms with Gasteiger partial charge in [0.1, 0.15) is 0 Å². The monoisotopic (exact) mass is 306 g/mol. The molecule has 0 spiro atoms. The van der Waals surface area contributed by atoms with E-state index in [9.17, 15) is 0 Å². The molecule has 0 atom stereocenters. The van der Waals surface area contributed by atoms with E-state index in [0.29, 0.717) is 5.92 Å². The lowest BCUT2D eigenvalue weighted by Gasteiger charge is -2.29. The van der Waals surface area contributed by atoms with Crippen molar-refractivity contribution < 1.29 is 0 Å². The number of nitrogens with one attached hydrogen (secondary N) is 2. The quantitative estimate of drug-likeness (QED) is 0.774. The average Bonchev–Trinajstić information content (AvgIpc) is 2.93. The van der Waals surface area contributed by atoms with Crippen LogP contribution < -0.4 is 5.32 Å². The third-order valence-electron chi connectivity index (χ3n) is 4.97. The van der Waals surface area contributed by atoms with Gasteiger partial charge in [0.05, 0.1) is 5.69 Å². The lowest BCUT2D eigenvalue weighted by Crippen LogP contribution is -2.27.